The van der Waals surface area contributed by atoms with Crippen molar-refractivity contribution in [3.05, 3.63) is 52.4 Å². The van der Waals surface area contributed by atoms with Crippen molar-refractivity contribution < 1.29 is 37.0 Å². The van der Waals surface area contributed by atoms with Crippen LogP contribution < -0.4 is 26.4 Å². The SMILES string of the molecule is COC(=O)C(CCC(N)=O)NC(=O)c1ccc(NCC#Cc2sc3c(NC4CCN(C(C)C)CC4)cccc3c2CC(F)(F)F)c(OCC#N)c1. The normalized spacial score (nSPS) is 14.2. The maximum atomic E-state index is 13.8. The second-order valence-electron chi connectivity index (χ2n) is 12.3. The molecule has 51 heavy (non-hydrogen) atoms. The van der Waals surface area contributed by atoms with Gasteiger partial charge in [-0.15, -0.1) is 11.3 Å². The van der Waals surface area contributed by atoms with Gasteiger partial charge in [-0.2, -0.15) is 18.4 Å². The molecule has 2 heterocycles. The number of likely N-dealkylation sites (tertiary alicyclic amines) is 1. The fraction of sp³-hybridized carbons (Fsp3) is 0.444. The van der Waals surface area contributed by atoms with Crippen LogP contribution in [0.4, 0.5) is 24.5 Å². The second-order valence-corrected chi connectivity index (χ2v) is 13.3. The quantitative estimate of drug-likeness (QED) is 0.130. The summed E-state index contributed by atoms with van der Waals surface area (Å²) in [7, 11) is 1.15. The lowest BCUT2D eigenvalue weighted by Crippen LogP contribution is -2.42. The minimum absolute atomic E-state index is 0.00518. The number of esters is 1. The highest BCUT2D eigenvalue weighted by Crippen LogP contribution is 2.39. The topological polar surface area (TPSA) is 159 Å². The van der Waals surface area contributed by atoms with E-state index in [1.807, 2.05) is 12.1 Å². The van der Waals surface area contributed by atoms with Crippen LogP contribution in [-0.2, 0) is 20.7 Å². The molecule has 0 aliphatic carbocycles. The van der Waals surface area contributed by atoms with Crippen LogP contribution in [0.15, 0.2) is 36.4 Å². The Labute approximate surface area is 298 Å². The number of hydrogen-bond donors (Lipinski definition) is 4. The van der Waals surface area contributed by atoms with Crippen molar-refractivity contribution in [2.45, 2.75) is 70.3 Å². The molecule has 2 aromatic carbocycles. The van der Waals surface area contributed by atoms with E-state index in [0.717, 1.165) is 43.4 Å². The molecule has 1 fully saturated rings. The summed E-state index contributed by atoms with van der Waals surface area (Å²) in [5.74, 6) is 3.90. The summed E-state index contributed by atoms with van der Waals surface area (Å²) < 4.78 is 52.2. The van der Waals surface area contributed by atoms with Crippen molar-refractivity contribution in [3.8, 4) is 23.7 Å². The van der Waals surface area contributed by atoms with Crippen molar-refractivity contribution in [2.75, 3.05) is 44.0 Å². The molecule has 1 atom stereocenters. The molecule has 1 aromatic heterocycles. The average molecular weight is 727 g/mol. The predicted molar refractivity (Wildman–Crippen MR) is 190 cm³/mol. The molecule has 1 aliphatic rings. The number of piperidine rings is 1. The van der Waals surface area contributed by atoms with Gasteiger partial charge in [-0.05, 0) is 68.3 Å². The third-order valence-corrected chi connectivity index (χ3v) is 9.59. The number of rotatable bonds is 14. The number of carbonyl (C=O) groups is 3. The summed E-state index contributed by atoms with van der Waals surface area (Å²) in [6, 6.07) is 11.1. The zero-order valence-corrected chi connectivity index (χ0v) is 29.4. The molecule has 1 saturated heterocycles. The van der Waals surface area contributed by atoms with Crippen molar-refractivity contribution in [1.29, 1.82) is 5.26 Å². The van der Waals surface area contributed by atoms with E-state index in [1.165, 1.54) is 29.5 Å². The summed E-state index contributed by atoms with van der Waals surface area (Å²) >= 11 is 1.23. The van der Waals surface area contributed by atoms with Crippen LogP contribution in [0.25, 0.3) is 10.1 Å². The van der Waals surface area contributed by atoms with Gasteiger partial charge in [0, 0.05) is 37.2 Å². The Balaban J connectivity index is 1.53. The first-order valence-electron chi connectivity index (χ1n) is 16.4. The standard InChI is InChI=1S/C36H41F3N6O5S/c1-22(2)45-17-13-24(14-18-45)43-28-7-4-6-25-26(21-36(37,38)39)31(51-33(25)28)8-5-16-42-27-10-9-23(20-30(27)50-19-15-40)34(47)44-29(35(48)49-3)11-12-32(41)46/h4,6-7,9-10,20,22,24,29,42-43H,11-14,16-19,21H2,1-3H3,(H2,41,46)(H,44,47). The van der Waals surface area contributed by atoms with Crippen molar-refractivity contribution >= 4 is 50.6 Å². The number of nitrogens with two attached hydrogens (primary N) is 1. The number of fused-ring (bicyclic) bond motifs is 1. The zero-order valence-electron chi connectivity index (χ0n) is 28.6. The lowest BCUT2D eigenvalue weighted by Gasteiger charge is -2.35. The van der Waals surface area contributed by atoms with Gasteiger partial charge in [-0.3, -0.25) is 9.59 Å². The lowest BCUT2D eigenvalue weighted by atomic mass is 10.0. The third-order valence-electron chi connectivity index (χ3n) is 8.39. The molecule has 2 amide bonds. The van der Waals surface area contributed by atoms with Gasteiger partial charge in [-0.25, -0.2) is 4.79 Å². The lowest BCUT2D eigenvalue weighted by molar-refractivity contribution is -0.143. The number of anilines is 2. The van der Waals surface area contributed by atoms with Crippen LogP contribution in [0.3, 0.4) is 0 Å². The van der Waals surface area contributed by atoms with Gasteiger partial charge < -0.3 is 36.1 Å². The molecule has 0 radical (unpaired) electrons. The van der Waals surface area contributed by atoms with E-state index in [9.17, 15) is 27.6 Å². The molecular formula is C36H41F3N6O5S. The fourth-order valence-corrected chi connectivity index (χ4v) is 6.93. The molecule has 0 spiro atoms. The molecule has 0 saturated carbocycles. The first kappa shape index (κ1) is 38.8. The minimum Gasteiger partial charge on any atom is -0.477 e. The Hall–Kier alpha value is -4.99. The Kier molecular flexibility index (Phi) is 13.5. The highest BCUT2D eigenvalue weighted by molar-refractivity contribution is 7.20. The molecular weight excluding hydrogens is 685 g/mol. The maximum Gasteiger partial charge on any atom is 0.393 e. The van der Waals surface area contributed by atoms with E-state index in [1.54, 1.807) is 12.1 Å². The number of benzene rings is 2. The van der Waals surface area contributed by atoms with Gasteiger partial charge in [0.25, 0.3) is 5.91 Å². The number of alkyl halides is 3. The number of hydrogen-bond acceptors (Lipinski definition) is 10. The summed E-state index contributed by atoms with van der Waals surface area (Å²) in [5.41, 5.74) is 6.56. The fourth-order valence-electron chi connectivity index (χ4n) is 5.76. The molecule has 5 N–H and O–H groups in total. The van der Waals surface area contributed by atoms with Crippen LogP contribution in [0.2, 0.25) is 0 Å². The molecule has 15 heteroatoms. The first-order chi connectivity index (χ1) is 24.3. The summed E-state index contributed by atoms with van der Waals surface area (Å²) in [5, 5.41) is 18.7. The molecule has 1 aliphatic heterocycles. The molecule has 3 aromatic rings. The van der Waals surface area contributed by atoms with Crippen LogP contribution >= 0.6 is 11.3 Å². The van der Waals surface area contributed by atoms with Crippen molar-refractivity contribution in [2.24, 2.45) is 5.73 Å². The van der Waals surface area contributed by atoms with E-state index in [0.29, 0.717) is 22.0 Å². The van der Waals surface area contributed by atoms with Gasteiger partial charge in [0.15, 0.2) is 6.61 Å². The molecule has 11 nitrogen and oxygen atoms in total. The summed E-state index contributed by atoms with van der Waals surface area (Å²) in [6.07, 6.45) is -3.90. The smallest absolute Gasteiger partial charge is 0.393 e. The zero-order chi connectivity index (χ0) is 37.1. The van der Waals surface area contributed by atoms with Crippen molar-refractivity contribution in [1.82, 2.24) is 10.2 Å². The number of carbonyl (C=O) groups excluding carboxylic acids is 3. The summed E-state index contributed by atoms with van der Waals surface area (Å²) in [6.45, 7) is 5.90. The third kappa shape index (κ3) is 11.0. The van der Waals surface area contributed by atoms with E-state index in [-0.39, 0.29) is 48.9 Å². The predicted octanol–water partition coefficient (Wildman–Crippen LogP) is 5.19. The molecule has 4 rings (SSSR count). The number of ether oxygens (including phenoxy) is 2. The van der Waals surface area contributed by atoms with E-state index < -0.39 is 36.4 Å². The van der Waals surface area contributed by atoms with E-state index in [4.69, 9.17) is 20.5 Å². The highest BCUT2D eigenvalue weighted by atomic mass is 32.1. The Bertz CT molecular complexity index is 1820. The Morgan fingerprint density at radius 1 is 1.14 bits per heavy atom. The van der Waals surface area contributed by atoms with Crippen LogP contribution in [0.1, 0.15) is 60.3 Å². The molecule has 272 valence electrons. The number of methoxy groups -OCH3 is 1. The van der Waals surface area contributed by atoms with Crippen molar-refractivity contribution in [3.63, 3.8) is 0 Å². The molecule has 0 bridgehead atoms. The van der Waals surface area contributed by atoms with E-state index >= 15 is 0 Å². The van der Waals surface area contributed by atoms with E-state index in [2.05, 4.69) is 46.5 Å². The van der Waals surface area contributed by atoms with Gasteiger partial charge in [0.2, 0.25) is 5.91 Å². The Morgan fingerprint density at radius 2 is 1.88 bits per heavy atom. The molecule has 1 unspecified atom stereocenters. The van der Waals surface area contributed by atoms with Gasteiger partial charge >= 0.3 is 12.1 Å². The van der Waals surface area contributed by atoms with Crippen LogP contribution in [0, 0.1) is 23.2 Å². The highest BCUT2D eigenvalue weighted by Gasteiger charge is 2.31. The number of nitrogens with one attached hydrogen (secondary N) is 3. The van der Waals surface area contributed by atoms with Crippen LogP contribution in [0.5, 0.6) is 5.75 Å². The van der Waals surface area contributed by atoms with Gasteiger partial charge in [-0.1, -0.05) is 24.0 Å². The number of primary amides is 1. The minimum atomic E-state index is -4.43. The van der Waals surface area contributed by atoms with Crippen LogP contribution in [-0.4, -0.2) is 80.3 Å². The first-order valence-corrected chi connectivity index (χ1v) is 17.3. The van der Waals surface area contributed by atoms with Gasteiger partial charge in [0.1, 0.15) is 17.9 Å². The Morgan fingerprint density at radius 3 is 2.53 bits per heavy atom. The maximum absolute atomic E-state index is 13.8. The summed E-state index contributed by atoms with van der Waals surface area (Å²) in [4.78, 5) is 39.0. The number of halogens is 3. The van der Waals surface area contributed by atoms with Gasteiger partial charge in [0.05, 0.1) is 41.0 Å². The number of nitriles is 1. The average Bonchev–Trinajstić information content (AvgIpc) is 3.43. The number of nitrogens with zero attached hydrogens (tertiary/aromatic N) is 2. The number of amides is 2. The largest absolute Gasteiger partial charge is 0.477 e. The monoisotopic (exact) mass is 726 g/mol. The number of thiophene rings is 1. The second kappa shape index (κ2) is 17.8.